The monoisotopic (exact) mass is 383 g/mol. The number of nitrogens with two attached hydrogens (primary N) is 1. The summed E-state index contributed by atoms with van der Waals surface area (Å²) in [6.45, 7) is 10.7. The first-order chi connectivity index (χ1) is 13.4. The van der Waals surface area contributed by atoms with Crippen LogP contribution in [0.3, 0.4) is 0 Å². The SMILES string of the molecule is CC(C#CC[C@@H](C)[C@H]1CC[C@H]2[C@@H]3CCC4CCCC[C@]4(C)[C@H]3CC[C@]12C)CN. The Morgan fingerprint density at radius 2 is 1.68 bits per heavy atom. The van der Waals surface area contributed by atoms with E-state index in [1.54, 1.807) is 6.42 Å². The van der Waals surface area contributed by atoms with Crippen molar-refractivity contribution in [2.24, 2.45) is 58.0 Å². The average Bonchev–Trinajstić information content (AvgIpc) is 3.04. The predicted molar refractivity (Wildman–Crippen MR) is 120 cm³/mol. The minimum Gasteiger partial charge on any atom is -0.329 e. The minimum atomic E-state index is 0.348. The topological polar surface area (TPSA) is 26.0 Å². The summed E-state index contributed by atoms with van der Waals surface area (Å²) in [5.41, 5.74) is 7.00. The van der Waals surface area contributed by atoms with Crippen LogP contribution in [0.5, 0.6) is 0 Å². The quantitative estimate of drug-likeness (QED) is 0.542. The van der Waals surface area contributed by atoms with Crippen molar-refractivity contribution >= 4 is 0 Å². The Balaban J connectivity index is 1.48. The van der Waals surface area contributed by atoms with Crippen molar-refractivity contribution in [2.75, 3.05) is 6.54 Å². The average molecular weight is 384 g/mol. The highest BCUT2D eigenvalue weighted by atomic mass is 14.6. The maximum absolute atomic E-state index is 5.74. The van der Waals surface area contributed by atoms with Crippen molar-refractivity contribution in [1.29, 1.82) is 0 Å². The molecule has 0 saturated heterocycles. The van der Waals surface area contributed by atoms with Gasteiger partial charge in [0.1, 0.15) is 0 Å². The van der Waals surface area contributed by atoms with Gasteiger partial charge in [0.15, 0.2) is 0 Å². The maximum Gasteiger partial charge on any atom is 0.0297 e. The van der Waals surface area contributed by atoms with Gasteiger partial charge in [0, 0.05) is 18.9 Å². The first-order valence-electron chi connectivity index (χ1n) is 12.6. The van der Waals surface area contributed by atoms with Crippen LogP contribution in [-0.4, -0.2) is 6.54 Å². The van der Waals surface area contributed by atoms with Crippen LogP contribution >= 0.6 is 0 Å². The molecular weight excluding hydrogens is 338 g/mol. The van der Waals surface area contributed by atoms with Crippen LogP contribution in [0.4, 0.5) is 0 Å². The lowest BCUT2D eigenvalue weighted by molar-refractivity contribution is -0.114. The summed E-state index contributed by atoms with van der Waals surface area (Å²) in [5, 5.41) is 0. The molecule has 4 aliphatic carbocycles. The third-order valence-corrected chi connectivity index (χ3v) is 10.5. The lowest BCUT2D eigenvalue weighted by Crippen LogP contribution is -2.53. The summed E-state index contributed by atoms with van der Waals surface area (Å²) >= 11 is 0. The van der Waals surface area contributed by atoms with Crippen molar-refractivity contribution in [1.82, 2.24) is 0 Å². The first-order valence-corrected chi connectivity index (χ1v) is 12.6. The normalized spacial score (nSPS) is 47.1. The molecule has 0 aromatic rings. The molecular formula is C27H45N. The zero-order valence-electron chi connectivity index (χ0n) is 19.1. The summed E-state index contributed by atoms with van der Waals surface area (Å²) in [4.78, 5) is 0. The fourth-order valence-electron chi connectivity index (χ4n) is 8.87. The molecule has 0 bridgehead atoms. The highest BCUT2D eigenvalue weighted by Gasteiger charge is 2.59. The molecule has 0 spiro atoms. The van der Waals surface area contributed by atoms with E-state index in [-0.39, 0.29) is 0 Å². The van der Waals surface area contributed by atoms with E-state index < -0.39 is 0 Å². The zero-order chi connectivity index (χ0) is 19.9. The standard InChI is InChI=1S/C27H45N/c1-19(18-28)8-7-9-20(2)23-13-14-24-22-12-11-21-10-5-6-16-26(21,3)25(22)15-17-27(23,24)4/h19-25H,5-6,9-18,28H2,1-4H3/t19?,20-,21?,22+,23-,24+,25+,26+,27-/m1/s1. The van der Waals surface area contributed by atoms with Crippen LogP contribution < -0.4 is 5.73 Å². The van der Waals surface area contributed by atoms with Gasteiger partial charge >= 0.3 is 0 Å². The summed E-state index contributed by atoms with van der Waals surface area (Å²) in [5.74, 6) is 12.9. The van der Waals surface area contributed by atoms with E-state index in [1.807, 2.05) is 0 Å². The van der Waals surface area contributed by atoms with Crippen LogP contribution in [-0.2, 0) is 0 Å². The van der Waals surface area contributed by atoms with E-state index in [1.165, 1.54) is 57.8 Å². The van der Waals surface area contributed by atoms with Crippen molar-refractivity contribution in [2.45, 2.75) is 98.3 Å². The molecule has 2 N–H and O–H groups in total. The Morgan fingerprint density at radius 1 is 0.893 bits per heavy atom. The molecule has 4 fully saturated rings. The van der Waals surface area contributed by atoms with Gasteiger partial charge < -0.3 is 5.73 Å². The molecule has 4 rings (SSSR count). The second kappa shape index (κ2) is 7.98. The number of hydrogen-bond acceptors (Lipinski definition) is 1. The Labute approximate surface area is 175 Å². The van der Waals surface area contributed by atoms with Gasteiger partial charge in [-0.05, 0) is 97.7 Å². The summed E-state index contributed by atoms with van der Waals surface area (Å²) in [7, 11) is 0. The summed E-state index contributed by atoms with van der Waals surface area (Å²) in [6.07, 6.45) is 16.2. The largest absolute Gasteiger partial charge is 0.329 e. The number of hydrogen-bond donors (Lipinski definition) is 1. The summed E-state index contributed by atoms with van der Waals surface area (Å²) in [6, 6.07) is 0. The fourth-order valence-corrected chi connectivity index (χ4v) is 8.87. The Bertz CT molecular complexity index is 613. The molecule has 158 valence electrons. The third kappa shape index (κ3) is 3.37. The molecule has 0 aliphatic heterocycles. The first kappa shape index (κ1) is 20.8. The van der Waals surface area contributed by atoms with Gasteiger partial charge in [0.25, 0.3) is 0 Å². The maximum atomic E-state index is 5.74. The molecule has 0 heterocycles. The fraction of sp³-hybridized carbons (Fsp3) is 0.926. The van der Waals surface area contributed by atoms with E-state index in [2.05, 4.69) is 39.5 Å². The van der Waals surface area contributed by atoms with E-state index in [4.69, 9.17) is 5.73 Å². The molecule has 4 saturated carbocycles. The highest BCUT2D eigenvalue weighted by molar-refractivity contribution is 5.11. The molecule has 1 heteroatoms. The van der Waals surface area contributed by atoms with Gasteiger partial charge in [0.2, 0.25) is 0 Å². The second-order valence-electron chi connectivity index (χ2n) is 11.8. The lowest BCUT2D eigenvalue weighted by Gasteiger charge is -2.60. The van der Waals surface area contributed by atoms with Gasteiger partial charge in [-0.3, -0.25) is 0 Å². The van der Waals surface area contributed by atoms with E-state index >= 15 is 0 Å². The van der Waals surface area contributed by atoms with Gasteiger partial charge in [0.05, 0.1) is 0 Å². The number of fused-ring (bicyclic) bond motifs is 5. The van der Waals surface area contributed by atoms with Crippen molar-refractivity contribution in [3.05, 3.63) is 0 Å². The molecule has 28 heavy (non-hydrogen) atoms. The molecule has 9 atom stereocenters. The molecule has 0 radical (unpaired) electrons. The van der Waals surface area contributed by atoms with Gasteiger partial charge in [-0.2, -0.15) is 0 Å². The summed E-state index contributed by atoms with van der Waals surface area (Å²) < 4.78 is 0. The lowest BCUT2D eigenvalue weighted by atomic mass is 9.44. The van der Waals surface area contributed by atoms with Gasteiger partial charge in [-0.1, -0.05) is 46.5 Å². The molecule has 0 amide bonds. The Morgan fingerprint density at radius 3 is 2.46 bits per heavy atom. The smallest absolute Gasteiger partial charge is 0.0297 e. The van der Waals surface area contributed by atoms with Crippen LogP contribution in [0.1, 0.15) is 98.3 Å². The third-order valence-electron chi connectivity index (χ3n) is 10.5. The molecule has 4 aliphatic rings. The van der Waals surface area contributed by atoms with Crippen LogP contribution in [0.2, 0.25) is 0 Å². The predicted octanol–water partition coefficient (Wildman–Crippen LogP) is 6.66. The molecule has 0 aromatic heterocycles. The zero-order valence-corrected chi connectivity index (χ0v) is 19.1. The van der Waals surface area contributed by atoms with Crippen LogP contribution in [0.25, 0.3) is 0 Å². The minimum absolute atomic E-state index is 0.348. The van der Waals surface area contributed by atoms with E-state index in [0.717, 1.165) is 41.9 Å². The van der Waals surface area contributed by atoms with E-state index in [0.29, 0.717) is 23.3 Å². The van der Waals surface area contributed by atoms with Crippen LogP contribution in [0.15, 0.2) is 0 Å². The van der Waals surface area contributed by atoms with Crippen molar-refractivity contribution in [3.8, 4) is 11.8 Å². The Kier molecular flexibility index (Phi) is 5.92. The molecule has 0 aromatic carbocycles. The van der Waals surface area contributed by atoms with E-state index in [9.17, 15) is 0 Å². The van der Waals surface area contributed by atoms with Gasteiger partial charge in [-0.15, -0.1) is 5.92 Å². The number of rotatable bonds is 3. The van der Waals surface area contributed by atoms with Crippen molar-refractivity contribution < 1.29 is 0 Å². The Hall–Kier alpha value is -0.480. The van der Waals surface area contributed by atoms with Crippen LogP contribution in [0, 0.1) is 64.1 Å². The highest BCUT2D eigenvalue weighted by Crippen LogP contribution is 2.68. The second-order valence-corrected chi connectivity index (χ2v) is 11.8. The van der Waals surface area contributed by atoms with Crippen molar-refractivity contribution in [3.63, 3.8) is 0 Å². The molecule has 1 nitrogen and oxygen atoms in total. The molecule has 2 unspecified atom stereocenters. The van der Waals surface area contributed by atoms with Gasteiger partial charge in [-0.25, -0.2) is 0 Å².